The monoisotopic (exact) mass is 343 g/mol. The summed E-state index contributed by atoms with van der Waals surface area (Å²) in [5.41, 5.74) is 3.59. The molecule has 4 aromatic heterocycles. The number of pyridine rings is 2. The van der Waals surface area contributed by atoms with Crippen LogP contribution in [0.2, 0.25) is 0 Å². The number of aromatic nitrogens is 5. The molecule has 0 spiro atoms. The maximum atomic E-state index is 8.95. The molecule has 1 aliphatic heterocycles. The van der Waals surface area contributed by atoms with Crippen LogP contribution >= 0.6 is 0 Å². The number of piperidine rings is 1. The van der Waals surface area contributed by atoms with Crippen LogP contribution in [0.1, 0.15) is 30.0 Å². The molecule has 0 amide bonds. The van der Waals surface area contributed by atoms with Gasteiger partial charge in [-0.3, -0.25) is 5.10 Å². The minimum absolute atomic E-state index is 0.371. The third-order valence-electron chi connectivity index (χ3n) is 5.17. The van der Waals surface area contributed by atoms with Gasteiger partial charge in [0, 0.05) is 47.9 Å². The fourth-order valence-corrected chi connectivity index (χ4v) is 3.91. The normalized spacial score (nSPS) is 17.7. The molecule has 1 saturated heterocycles. The molecule has 1 aliphatic rings. The van der Waals surface area contributed by atoms with Gasteiger partial charge in [0.05, 0.1) is 17.3 Å². The molecule has 0 aromatic carbocycles. The van der Waals surface area contributed by atoms with Crippen molar-refractivity contribution in [3.8, 4) is 6.07 Å². The van der Waals surface area contributed by atoms with Crippen molar-refractivity contribution in [2.75, 3.05) is 18.0 Å². The molecule has 5 rings (SSSR count). The summed E-state index contributed by atoms with van der Waals surface area (Å²) >= 11 is 0. The van der Waals surface area contributed by atoms with Gasteiger partial charge in [0.15, 0.2) is 5.65 Å². The van der Waals surface area contributed by atoms with Crippen LogP contribution in [0.5, 0.6) is 0 Å². The fourth-order valence-electron chi connectivity index (χ4n) is 3.91. The average Bonchev–Trinajstić information content (AvgIpc) is 3.34. The minimum atomic E-state index is 0.371. The van der Waals surface area contributed by atoms with Crippen molar-refractivity contribution in [3.05, 3.63) is 48.0 Å². The fraction of sp³-hybridized carbons (Fsp3) is 0.263. The predicted octanol–water partition coefficient (Wildman–Crippen LogP) is 3.09. The lowest BCUT2D eigenvalue weighted by atomic mass is 9.92. The van der Waals surface area contributed by atoms with Gasteiger partial charge in [-0.2, -0.15) is 5.26 Å². The van der Waals surface area contributed by atoms with E-state index in [1.54, 1.807) is 6.20 Å². The number of H-pyrrole nitrogens is 2. The van der Waals surface area contributed by atoms with E-state index in [4.69, 9.17) is 5.26 Å². The maximum Gasteiger partial charge on any atom is 0.159 e. The third-order valence-corrected chi connectivity index (χ3v) is 5.17. The maximum absolute atomic E-state index is 8.95. The number of anilines is 1. The zero-order valence-corrected chi connectivity index (χ0v) is 14.1. The lowest BCUT2D eigenvalue weighted by Crippen LogP contribution is -2.35. The molecule has 128 valence electrons. The Morgan fingerprint density at radius 2 is 2.08 bits per heavy atom. The molecule has 0 aliphatic carbocycles. The van der Waals surface area contributed by atoms with Gasteiger partial charge in [-0.05, 0) is 31.0 Å². The van der Waals surface area contributed by atoms with Crippen LogP contribution in [-0.4, -0.2) is 38.2 Å². The molecule has 1 fully saturated rings. The molecule has 2 N–H and O–H groups in total. The van der Waals surface area contributed by atoms with Crippen molar-refractivity contribution >= 4 is 27.8 Å². The molecular weight excluding hydrogens is 326 g/mol. The van der Waals surface area contributed by atoms with Crippen LogP contribution < -0.4 is 4.90 Å². The molecule has 0 radical (unpaired) electrons. The summed E-state index contributed by atoms with van der Waals surface area (Å²) in [6.07, 6.45) is 7.51. The highest BCUT2D eigenvalue weighted by Gasteiger charge is 2.26. The van der Waals surface area contributed by atoms with E-state index in [-0.39, 0.29) is 0 Å². The van der Waals surface area contributed by atoms with Gasteiger partial charge < -0.3 is 10.00 Å². The molecule has 26 heavy (non-hydrogen) atoms. The van der Waals surface area contributed by atoms with Crippen LogP contribution in [0.4, 0.5) is 5.82 Å². The number of aromatic amines is 2. The first-order chi connectivity index (χ1) is 12.8. The standard InChI is InChI=1S/C19H17N7/c20-8-12-3-4-16(22-9-12)26-7-1-2-13(11-26)18-17-14-5-6-21-19(14)23-10-15(17)24-25-18/h3-6,9-10,13,24-25H,1-2,7,11H2. The second kappa shape index (κ2) is 5.85. The van der Waals surface area contributed by atoms with Crippen LogP contribution in [0.15, 0.2) is 36.8 Å². The van der Waals surface area contributed by atoms with Crippen molar-refractivity contribution in [1.29, 1.82) is 5.26 Å². The van der Waals surface area contributed by atoms with Gasteiger partial charge in [0.2, 0.25) is 0 Å². The number of nitrogens with zero attached hydrogens (tertiary/aromatic N) is 5. The van der Waals surface area contributed by atoms with E-state index in [0.29, 0.717) is 11.5 Å². The largest absolute Gasteiger partial charge is 0.356 e. The van der Waals surface area contributed by atoms with E-state index in [1.807, 2.05) is 30.6 Å². The number of hydrogen-bond donors (Lipinski definition) is 2. The summed E-state index contributed by atoms with van der Waals surface area (Å²) in [7, 11) is 0. The Labute approximate surface area is 149 Å². The summed E-state index contributed by atoms with van der Waals surface area (Å²) < 4.78 is 0. The second-order valence-electron chi connectivity index (χ2n) is 6.69. The lowest BCUT2D eigenvalue weighted by molar-refractivity contribution is 0.500. The quantitative estimate of drug-likeness (QED) is 0.583. The molecule has 1 atom stereocenters. The minimum Gasteiger partial charge on any atom is -0.356 e. The first-order valence-corrected chi connectivity index (χ1v) is 8.74. The van der Waals surface area contributed by atoms with Crippen molar-refractivity contribution in [2.45, 2.75) is 18.8 Å². The summed E-state index contributed by atoms with van der Waals surface area (Å²) in [5, 5.41) is 17.9. The van der Waals surface area contributed by atoms with Crippen LogP contribution in [0, 0.1) is 11.3 Å². The Balaban J connectivity index is 1.51. The molecule has 4 aromatic rings. The SMILES string of the molecule is N#Cc1ccc(N2CCCC(c3[nH][nH]c4cnc5nccc5c34)C2)nc1. The number of rotatable bonds is 2. The van der Waals surface area contributed by atoms with Gasteiger partial charge in [0.25, 0.3) is 0 Å². The molecular formula is C19H17N7. The first-order valence-electron chi connectivity index (χ1n) is 8.74. The highest BCUT2D eigenvalue weighted by Crippen LogP contribution is 2.34. The number of fused-ring (bicyclic) bond motifs is 3. The van der Waals surface area contributed by atoms with Crippen LogP contribution in [0.25, 0.3) is 21.9 Å². The van der Waals surface area contributed by atoms with E-state index in [9.17, 15) is 0 Å². The van der Waals surface area contributed by atoms with E-state index in [2.05, 4.69) is 36.1 Å². The van der Waals surface area contributed by atoms with Crippen molar-refractivity contribution in [3.63, 3.8) is 0 Å². The molecule has 0 bridgehead atoms. The topological polar surface area (TPSA) is 97.3 Å². The summed E-state index contributed by atoms with van der Waals surface area (Å²) in [5.74, 6) is 1.30. The third kappa shape index (κ3) is 2.30. The van der Waals surface area contributed by atoms with Gasteiger partial charge in [-0.25, -0.2) is 15.0 Å². The first kappa shape index (κ1) is 14.9. The van der Waals surface area contributed by atoms with Gasteiger partial charge in [-0.15, -0.1) is 0 Å². The Morgan fingerprint density at radius 3 is 2.92 bits per heavy atom. The van der Waals surface area contributed by atoms with Gasteiger partial charge >= 0.3 is 0 Å². The van der Waals surface area contributed by atoms with E-state index < -0.39 is 0 Å². The zero-order valence-electron chi connectivity index (χ0n) is 14.1. The van der Waals surface area contributed by atoms with Gasteiger partial charge in [-0.1, -0.05) is 0 Å². The molecule has 7 heteroatoms. The van der Waals surface area contributed by atoms with Crippen molar-refractivity contribution < 1.29 is 0 Å². The Kier molecular flexibility index (Phi) is 3.35. The number of hydrogen-bond acceptors (Lipinski definition) is 5. The smallest absolute Gasteiger partial charge is 0.159 e. The second-order valence-corrected chi connectivity index (χ2v) is 6.69. The number of nitriles is 1. The number of nitrogens with one attached hydrogen (secondary N) is 2. The highest BCUT2D eigenvalue weighted by atomic mass is 15.2. The molecule has 1 unspecified atom stereocenters. The van der Waals surface area contributed by atoms with Gasteiger partial charge in [0.1, 0.15) is 11.9 Å². The van der Waals surface area contributed by atoms with Crippen molar-refractivity contribution in [2.24, 2.45) is 0 Å². The van der Waals surface area contributed by atoms with E-state index in [0.717, 1.165) is 48.3 Å². The summed E-state index contributed by atoms with van der Waals surface area (Å²) in [4.78, 5) is 15.5. The molecule has 0 saturated carbocycles. The Bertz CT molecular complexity index is 1120. The van der Waals surface area contributed by atoms with Crippen LogP contribution in [-0.2, 0) is 0 Å². The van der Waals surface area contributed by atoms with Crippen molar-refractivity contribution in [1.82, 2.24) is 25.1 Å². The Morgan fingerprint density at radius 1 is 1.12 bits per heavy atom. The highest BCUT2D eigenvalue weighted by molar-refractivity contribution is 6.04. The Hall–Kier alpha value is -3.40. The van der Waals surface area contributed by atoms with E-state index in [1.165, 1.54) is 11.1 Å². The molecule has 7 nitrogen and oxygen atoms in total. The van der Waals surface area contributed by atoms with E-state index >= 15 is 0 Å². The molecule has 5 heterocycles. The summed E-state index contributed by atoms with van der Waals surface area (Å²) in [6.45, 7) is 1.87. The lowest BCUT2D eigenvalue weighted by Gasteiger charge is -2.33. The van der Waals surface area contributed by atoms with Crippen LogP contribution in [0.3, 0.4) is 0 Å². The average molecular weight is 343 g/mol. The summed E-state index contributed by atoms with van der Waals surface area (Å²) in [6, 6.07) is 7.91. The zero-order chi connectivity index (χ0) is 17.5. The predicted molar refractivity (Wildman–Crippen MR) is 98.9 cm³/mol.